The third-order valence-corrected chi connectivity index (χ3v) is 4.75. The van der Waals surface area contributed by atoms with Crippen molar-refractivity contribution in [3.05, 3.63) is 29.3 Å². The summed E-state index contributed by atoms with van der Waals surface area (Å²) < 4.78 is 23.2. The topological polar surface area (TPSA) is 54.5 Å². The van der Waals surface area contributed by atoms with E-state index in [-0.39, 0.29) is 10.8 Å². The molecule has 1 amide bonds. The first kappa shape index (κ1) is 18.0. The average molecular weight is 332 g/mol. The van der Waals surface area contributed by atoms with Gasteiger partial charge in [-0.2, -0.15) is 0 Å². The van der Waals surface area contributed by atoms with Gasteiger partial charge in [0.15, 0.2) is 0 Å². The van der Waals surface area contributed by atoms with Crippen molar-refractivity contribution < 1.29 is 13.2 Å². The molecule has 0 fully saturated rings. The Bertz CT molecular complexity index is 611. The standard InChI is InChI=1S/C15H22ClNO3S/c1-5-12-6-7-13(10-14(12)21(16,19)20)15(18)17(4)9-8-11(2)3/h6-7,10-11H,5,8-9H2,1-4H3. The number of hydrogen-bond donors (Lipinski definition) is 0. The number of nitrogens with zero attached hydrogens (tertiary/aromatic N) is 1. The van der Waals surface area contributed by atoms with Crippen LogP contribution in [0.5, 0.6) is 0 Å². The van der Waals surface area contributed by atoms with Crippen molar-refractivity contribution >= 4 is 25.6 Å². The van der Waals surface area contributed by atoms with Crippen LogP contribution < -0.4 is 0 Å². The number of hydrogen-bond acceptors (Lipinski definition) is 3. The van der Waals surface area contributed by atoms with Gasteiger partial charge in [-0.1, -0.05) is 26.8 Å². The minimum absolute atomic E-state index is 0.0229. The van der Waals surface area contributed by atoms with Gasteiger partial charge in [0, 0.05) is 29.8 Å². The SMILES string of the molecule is CCc1ccc(C(=O)N(C)CCC(C)C)cc1S(=O)(=O)Cl. The van der Waals surface area contributed by atoms with E-state index in [1.807, 2.05) is 6.92 Å². The van der Waals surface area contributed by atoms with E-state index in [9.17, 15) is 13.2 Å². The summed E-state index contributed by atoms with van der Waals surface area (Å²) in [7, 11) is 3.31. The summed E-state index contributed by atoms with van der Waals surface area (Å²) in [6, 6.07) is 4.67. The van der Waals surface area contributed by atoms with E-state index in [2.05, 4.69) is 13.8 Å². The van der Waals surface area contributed by atoms with Crippen LogP contribution in [0.2, 0.25) is 0 Å². The number of carbonyl (C=O) groups excluding carboxylic acids is 1. The molecule has 0 saturated heterocycles. The van der Waals surface area contributed by atoms with E-state index in [0.717, 1.165) is 6.42 Å². The second kappa shape index (κ2) is 7.27. The number of halogens is 1. The van der Waals surface area contributed by atoms with Crippen molar-refractivity contribution in [2.45, 2.75) is 38.5 Å². The van der Waals surface area contributed by atoms with Crippen LogP contribution in [0.1, 0.15) is 43.1 Å². The fraction of sp³-hybridized carbons (Fsp3) is 0.533. The van der Waals surface area contributed by atoms with Crippen LogP contribution in [-0.4, -0.2) is 32.8 Å². The highest BCUT2D eigenvalue weighted by Gasteiger charge is 2.19. The highest BCUT2D eigenvalue weighted by atomic mass is 35.7. The largest absolute Gasteiger partial charge is 0.342 e. The van der Waals surface area contributed by atoms with E-state index < -0.39 is 9.05 Å². The zero-order chi connectivity index (χ0) is 16.2. The van der Waals surface area contributed by atoms with Crippen LogP contribution in [0.15, 0.2) is 23.1 Å². The molecule has 0 radical (unpaired) electrons. The van der Waals surface area contributed by atoms with Crippen LogP contribution in [0.25, 0.3) is 0 Å². The molecule has 0 unspecified atom stereocenters. The lowest BCUT2D eigenvalue weighted by molar-refractivity contribution is 0.0789. The highest BCUT2D eigenvalue weighted by Crippen LogP contribution is 2.23. The molecule has 0 aromatic heterocycles. The minimum Gasteiger partial charge on any atom is -0.342 e. The number of carbonyl (C=O) groups is 1. The summed E-state index contributed by atoms with van der Waals surface area (Å²) in [5, 5.41) is 0. The summed E-state index contributed by atoms with van der Waals surface area (Å²) in [6.45, 7) is 6.66. The molecule has 1 aromatic carbocycles. The molecule has 0 saturated carbocycles. The Kier molecular flexibility index (Phi) is 6.23. The van der Waals surface area contributed by atoms with E-state index in [4.69, 9.17) is 10.7 Å². The summed E-state index contributed by atoms with van der Waals surface area (Å²) in [6.07, 6.45) is 1.44. The third kappa shape index (κ3) is 5.00. The van der Waals surface area contributed by atoms with Gasteiger partial charge in [0.25, 0.3) is 15.0 Å². The second-order valence-corrected chi connectivity index (χ2v) is 8.06. The fourth-order valence-electron chi connectivity index (χ4n) is 1.98. The predicted molar refractivity (Wildman–Crippen MR) is 85.3 cm³/mol. The van der Waals surface area contributed by atoms with Crippen molar-refractivity contribution in [1.82, 2.24) is 4.90 Å². The van der Waals surface area contributed by atoms with Gasteiger partial charge in [0.1, 0.15) is 0 Å². The smallest absolute Gasteiger partial charge is 0.261 e. The molecular formula is C15H22ClNO3S. The fourth-order valence-corrected chi connectivity index (χ4v) is 3.20. The number of aryl methyl sites for hydroxylation is 1. The van der Waals surface area contributed by atoms with E-state index in [1.165, 1.54) is 6.07 Å². The lowest BCUT2D eigenvalue weighted by Crippen LogP contribution is -2.28. The first-order valence-corrected chi connectivity index (χ1v) is 9.30. The maximum absolute atomic E-state index is 12.3. The first-order chi connectivity index (χ1) is 9.66. The molecule has 0 aliphatic heterocycles. The Morgan fingerprint density at radius 3 is 2.43 bits per heavy atom. The van der Waals surface area contributed by atoms with Gasteiger partial charge < -0.3 is 4.90 Å². The van der Waals surface area contributed by atoms with E-state index >= 15 is 0 Å². The molecule has 21 heavy (non-hydrogen) atoms. The van der Waals surface area contributed by atoms with Crippen LogP contribution in [0.4, 0.5) is 0 Å². The van der Waals surface area contributed by atoms with E-state index in [1.54, 1.807) is 24.1 Å². The molecule has 0 aliphatic carbocycles. The molecule has 4 nitrogen and oxygen atoms in total. The van der Waals surface area contributed by atoms with Gasteiger partial charge in [-0.15, -0.1) is 0 Å². The zero-order valence-corrected chi connectivity index (χ0v) is 14.5. The van der Waals surface area contributed by atoms with Gasteiger partial charge in [-0.25, -0.2) is 8.42 Å². The van der Waals surface area contributed by atoms with Gasteiger partial charge in [-0.3, -0.25) is 4.79 Å². The van der Waals surface area contributed by atoms with Gasteiger partial charge in [-0.05, 0) is 36.5 Å². The molecule has 0 atom stereocenters. The number of amides is 1. The molecule has 0 bridgehead atoms. The molecule has 118 valence electrons. The third-order valence-electron chi connectivity index (χ3n) is 3.35. The summed E-state index contributed by atoms with van der Waals surface area (Å²) in [4.78, 5) is 13.9. The second-order valence-electron chi connectivity index (χ2n) is 5.52. The molecule has 6 heteroatoms. The van der Waals surface area contributed by atoms with Crippen molar-refractivity contribution in [3.8, 4) is 0 Å². The van der Waals surface area contributed by atoms with Crippen LogP contribution >= 0.6 is 10.7 Å². The first-order valence-electron chi connectivity index (χ1n) is 6.99. The van der Waals surface area contributed by atoms with Gasteiger partial charge in [0.2, 0.25) is 0 Å². The van der Waals surface area contributed by atoms with Crippen LogP contribution in [0, 0.1) is 5.92 Å². The summed E-state index contributed by atoms with van der Waals surface area (Å²) in [5.41, 5.74) is 0.962. The predicted octanol–water partition coefficient (Wildman–Crippen LogP) is 3.29. The van der Waals surface area contributed by atoms with Crippen molar-refractivity contribution in [2.24, 2.45) is 5.92 Å². The molecule has 1 aromatic rings. The minimum atomic E-state index is -3.85. The lowest BCUT2D eigenvalue weighted by atomic mass is 10.1. The Morgan fingerprint density at radius 2 is 1.95 bits per heavy atom. The van der Waals surface area contributed by atoms with E-state index in [0.29, 0.717) is 30.0 Å². The van der Waals surface area contributed by atoms with Gasteiger partial charge in [0.05, 0.1) is 4.90 Å². The lowest BCUT2D eigenvalue weighted by Gasteiger charge is -2.19. The molecule has 0 spiro atoms. The Balaban J connectivity index is 3.06. The molecule has 0 heterocycles. The number of benzene rings is 1. The molecule has 0 N–H and O–H groups in total. The monoisotopic (exact) mass is 331 g/mol. The maximum Gasteiger partial charge on any atom is 0.261 e. The maximum atomic E-state index is 12.3. The van der Waals surface area contributed by atoms with Crippen LogP contribution in [0.3, 0.4) is 0 Å². The quantitative estimate of drug-likeness (QED) is 0.751. The average Bonchev–Trinajstić information content (AvgIpc) is 2.42. The number of rotatable bonds is 6. The molecule has 1 rings (SSSR count). The normalized spacial score (nSPS) is 11.7. The Labute approximate surface area is 131 Å². The van der Waals surface area contributed by atoms with Crippen LogP contribution in [-0.2, 0) is 15.5 Å². The summed E-state index contributed by atoms with van der Waals surface area (Å²) >= 11 is 0. The molecule has 0 aliphatic rings. The Hall–Kier alpha value is -1.07. The van der Waals surface area contributed by atoms with Gasteiger partial charge >= 0.3 is 0 Å². The van der Waals surface area contributed by atoms with Crippen molar-refractivity contribution in [1.29, 1.82) is 0 Å². The molecular weight excluding hydrogens is 310 g/mol. The van der Waals surface area contributed by atoms with Crippen molar-refractivity contribution in [2.75, 3.05) is 13.6 Å². The Morgan fingerprint density at radius 1 is 1.33 bits per heavy atom. The highest BCUT2D eigenvalue weighted by molar-refractivity contribution is 8.13. The summed E-state index contributed by atoms with van der Waals surface area (Å²) in [5.74, 6) is 0.307. The van der Waals surface area contributed by atoms with Crippen molar-refractivity contribution in [3.63, 3.8) is 0 Å². The zero-order valence-electron chi connectivity index (χ0n) is 12.9.